The quantitative estimate of drug-likeness (QED) is 0.904. The van der Waals surface area contributed by atoms with Gasteiger partial charge in [-0.25, -0.2) is 0 Å². The van der Waals surface area contributed by atoms with Gasteiger partial charge in [0, 0.05) is 23.5 Å². The minimum Gasteiger partial charge on any atom is -0.303 e. The number of aromatic nitrogens is 1. The predicted molar refractivity (Wildman–Crippen MR) is 87.5 cm³/mol. The molecular weight excluding hydrogens is 256 g/mol. The second-order valence-electron chi connectivity index (χ2n) is 6.26. The van der Waals surface area contributed by atoms with Crippen LogP contribution in [0.25, 0.3) is 0 Å². The van der Waals surface area contributed by atoms with Crippen molar-refractivity contribution < 1.29 is 0 Å². The number of benzene rings is 1. The zero-order valence-corrected chi connectivity index (χ0v) is 13.4. The van der Waals surface area contributed by atoms with Crippen LogP contribution < -0.4 is 5.32 Å². The van der Waals surface area contributed by atoms with Gasteiger partial charge in [-0.2, -0.15) is 0 Å². The van der Waals surface area contributed by atoms with E-state index in [0.29, 0.717) is 12.1 Å². The molecule has 0 aliphatic heterocycles. The molecule has 3 rings (SSSR count). The van der Waals surface area contributed by atoms with Crippen molar-refractivity contribution in [2.45, 2.75) is 52.6 Å². The normalized spacial score (nSPS) is 18.6. The highest BCUT2D eigenvalue weighted by molar-refractivity contribution is 5.36. The Kier molecular flexibility index (Phi) is 3.81. The Morgan fingerprint density at radius 3 is 2.71 bits per heavy atom. The molecule has 110 valence electrons. The highest BCUT2D eigenvalue weighted by Gasteiger charge is 2.24. The van der Waals surface area contributed by atoms with Crippen LogP contribution in [0.3, 0.4) is 0 Å². The monoisotopic (exact) mass is 280 g/mol. The van der Waals surface area contributed by atoms with Crippen LogP contribution in [-0.4, -0.2) is 4.98 Å². The molecule has 2 aromatic rings. The summed E-state index contributed by atoms with van der Waals surface area (Å²) < 4.78 is 0. The van der Waals surface area contributed by atoms with Gasteiger partial charge in [0.15, 0.2) is 0 Å². The molecule has 2 unspecified atom stereocenters. The van der Waals surface area contributed by atoms with Crippen molar-refractivity contribution in [2.24, 2.45) is 0 Å². The van der Waals surface area contributed by atoms with Gasteiger partial charge in [-0.1, -0.05) is 24.3 Å². The average Bonchev–Trinajstić information content (AvgIpc) is 2.81. The van der Waals surface area contributed by atoms with Crippen LogP contribution in [0, 0.1) is 20.8 Å². The van der Waals surface area contributed by atoms with E-state index in [-0.39, 0.29) is 0 Å². The standard InChI is InChI=1S/C19H24N2/c1-12-11-13(2)20-14(3)19(12)15(4)21-18-10-9-16-7-5-6-8-17(16)18/h5-8,11,15,18,21H,9-10H2,1-4H3. The van der Waals surface area contributed by atoms with Gasteiger partial charge in [-0.3, -0.25) is 4.98 Å². The number of hydrogen-bond donors (Lipinski definition) is 1. The molecule has 0 bridgehead atoms. The molecule has 1 N–H and O–H groups in total. The lowest BCUT2D eigenvalue weighted by atomic mass is 9.98. The van der Waals surface area contributed by atoms with Gasteiger partial charge in [-0.05, 0) is 68.9 Å². The number of pyridine rings is 1. The number of nitrogens with one attached hydrogen (secondary N) is 1. The van der Waals surface area contributed by atoms with Crippen molar-refractivity contribution in [3.8, 4) is 0 Å². The summed E-state index contributed by atoms with van der Waals surface area (Å²) in [5.74, 6) is 0. The van der Waals surface area contributed by atoms with Crippen LogP contribution in [-0.2, 0) is 6.42 Å². The summed E-state index contributed by atoms with van der Waals surface area (Å²) in [5, 5.41) is 3.81. The molecule has 1 aromatic heterocycles. The Balaban J connectivity index is 1.84. The maximum atomic E-state index is 4.63. The van der Waals surface area contributed by atoms with Crippen molar-refractivity contribution in [3.05, 3.63) is 64.0 Å². The third-order valence-corrected chi connectivity index (χ3v) is 4.60. The first kappa shape index (κ1) is 14.3. The Labute approximate surface area is 127 Å². The number of fused-ring (bicyclic) bond motifs is 1. The minimum absolute atomic E-state index is 0.328. The van der Waals surface area contributed by atoms with Crippen molar-refractivity contribution in [1.29, 1.82) is 0 Å². The number of rotatable bonds is 3. The smallest absolute Gasteiger partial charge is 0.0426 e. The third-order valence-electron chi connectivity index (χ3n) is 4.60. The zero-order valence-electron chi connectivity index (χ0n) is 13.4. The van der Waals surface area contributed by atoms with Crippen molar-refractivity contribution in [2.75, 3.05) is 0 Å². The largest absolute Gasteiger partial charge is 0.303 e. The summed E-state index contributed by atoms with van der Waals surface area (Å²) in [6.45, 7) is 8.64. The van der Waals surface area contributed by atoms with Crippen molar-refractivity contribution >= 4 is 0 Å². The molecule has 0 amide bonds. The summed E-state index contributed by atoms with van der Waals surface area (Å²) in [5.41, 5.74) is 7.92. The molecular formula is C19H24N2. The Hall–Kier alpha value is -1.67. The molecule has 0 fully saturated rings. The Morgan fingerprint density at radius 1 is 1.19 bits per heavy atom. The van der Waals surface area contributed by atoms with E-state index in [9.17, 15) is 0 Å². The lowest BCUT2D eigenvalue weighted by Gasteiger charge is -2.23. The summed E-state index contributed by atoms with van der Waals surface area (Å²) in [4.78, 5) is 4.63. The Bertz CT molecular complexity index is 637. The van der Waals surface area contributed by atoms with Crippen molar-refractivity contribution in [1.82, 2.24) is 10.3 Å². The maximum Gasteiger partial charge on any atom is 0.0426 e. The first-order valence-corrected chi connectivity index (χ1v) is 7.85. The molecule has 2 heteroatoms. The molecule has 1 aliphatic carbocycles. The van der Waals surface area contributed by atoms with Gasteiger partial charge in [0.1, 0.15) is 0 Å². The van der Waals surface area contributed by atoms with Gasteiger partial charge in [0.2, 0.25) is 0 Å². The molecule has 2 atom stereocenters. The first-order valence-electron chi connectivity index (χ1n) is 7.85. The number of nitrogens with zero attached hydrogens (tertiary/aromatic N) is 1. The van der Waals surface area contributed by atoms with Gasteiger partial charge >= 0.3 is 0 Å². The van der Waals surface area contributed by atoms with Crippen LogP contribution in [0.5, 0.6) is 0 Å². The van der Waals surface area contributed by atoms with E-state index in [0.717, 1.165) is 11.4 Å². The van der Waals surface area contributed by atoms with E-state index in [1.54, 1.807) is 0 Å². The predicted octanol–water partition coefficient (Wildman–Crippen LogP) is 4.34. The van der Waals surface area contributed by atoms with Crippen LogP contribution in [0.1, 0.15) is 59.1 Å². The van der Waals surface area contributed by atoms with Crippen LogP contribution in [0.4, 0.5) is 0 Å². The van der Waals surface area contributed by atoms with E-state index in [1.165, 1.54) is 35.1 Å². The second kappa shape index (κ2) is 5.61. The molecule has 0 spiro atoms. The summed E-state index contributed by atoms with van der Waals surface area (Å²) >= 11 is 0. The van der Waals surface area contributed by atoms with E-state index in [2.05, 4.69) is 68.3 Å². The fraction of sp³-hybridized carbons (Fsp3) is 0.421. The van der Waals surface area contributed by atoms with E-state index < -0.39 is 0 Å². The second-order valence-corrected chi connectivity index (χ2v) is 6.26. The fourth-order valence-electron chi connectivity index (χ4n) is 3.80. The lowest BCUT2D eigenvalue weighted by Crippen LogP contribution is -2.24. The van der Waals surface area contributed by atoms with Gasteiger partial charge in [0.05, 0.1) is 0 Å². The average molecular weight is 280 g/mol. The topological polar surface area (TPSA) is 24.9 Å². The van der Waals surface area contributed by atoms with Gasteiger partial charge < -0.3 is 5.32 Å². The van der Waals surface area contributed by atoms with Crippen molar-refractivity contribution in [3.63, 3.8) is 0 Å². The molecule has 1 aromatic carbocycles. The van der Waals surface area contributed by atoms with Gasteiger partial charge in [0.25, 0.3) is 0 Å². The summed E-state index contributed by atoms with van der Waals surface area (Å²) in [6.07, 6.45) is 2.38. The lowest BCUT2D eigenvalue weighted by molar-refractivity contribution is 0.461. The molecule has 1 aliphatic rings. The van der Waals surface area contributed by atoms with Crippen LogP contribution in [0.2, 0.25) is 0 Å². The third kappa shape index (κ3) is 2.73. The zero-order chi connectivity index (χ0) is 15.0. The molecule has 2 nitrogen and oxygen atoms in total. The highest BCUT2D eigenvalue weighted by Crippen LogP contribution is 2.33. The molecule has 0 saturated heterocycles. The minimum atomic E-state index is 0.328. The number of hydrogen-bond acceptors (Lipinski definition) is 2. The van der Waals surface area contributed by atoms with Crippen LogP contribution in [0.15, 0.2) is 30.3 Å². The Morgan fingerprint density at radius 2 is 1.95 bits per heavy atom. The molecule has 0 saturated carbocycles. The molecule has 21 heavy (non-hydrogen) atoms. The first-order chi connectivity index (χ1) is 10.1. The summed E-state index contributed by atoms with van der Waals surface area (Å²) in [7, 11) is 0. The maximum absolute atomic E-state index is 4.63. The highest BCUT2D eigenvalue weighted by atomic mass is 15.0. The fourth-order valence-corrected chi connectivity index (χ4v) is 3.80. The van der Waals surface area contributed by atoms with E-state index in [1.807, 2.05) is 0 Å². The SMILES string of the molecule is Cc1cc(C)c(C(C)NC2CCc3ccccc32)c(C)n1. The van der Waals surface area contributed by atoms with Crippen LogP contribution >= 0.6 is 0 Å². The molecule has 1 heterocycles. The van der Waals surface area contributed by atoms with Gasteiger partial charge in [-0.15, -0.1) is 0 Å². The van der Waals surface area contributed by atoms with E-state index >= 15 is 0 Å². The summed E-state index contributed by atoms with van der Waals surface area (Å²) in [6, 6.07) is 11.8. The van der Waals surface area contributed by atoms with E-state index in [4.69, 9.17) is 0 Å². The molecule has 0 radical (unpaired) electrons. The number of aryl methyl sites for hydroxylation is 4.